The molecule has 2 rings (SSSR count). The number of thiocarbonyl (C=S) groups is 1. The smallest absolute Gasteiger partial charge is 0.303 e. The average molecular weight is 499 g/mol. The van der Waals surface area contributed by atoms with Crippen molar-refractivity contribution in [3.05, 3.63) is 71.3 Å². The number of carboxylic acid groups (broad SMARTS) is 1. The molecule has 0 spiro atoms. The molecule has 1 atom stereocenters. The lowest BCUT2D eigenvalue weighted by atomic mass is 9.87. The van der Waals surface area contributed by atoms with Gasteiger partial charge in [-0.25, -0.2) is 0 Å². The number of aldehydes is 1. The minimum atomic E-state index is -0.730. The van der Waals surface area contributed by atoms with Crippen LogP contribution in [0.5, 0.6) is 0 Å². The second-order valence-corrected chi connectivity index (χ2v) is 9.60. The fraction of sp³-hybridized carbons (Fsp3) is 0.467. The number of aryl methyl sites for hydroxylation is 1. The predicted octanol–water partition coefficient (Wildman–Crippen LogP) is 7.89. The van der Waals surface area contributed by atoms with Gasteiger partial charge in [0.1, 0.15) is 12.1 Å². The van der Waals surface area contributed by atoms with Crippen LogP contribution in [-0.4, -0.2) is 28.0 Å². The molecule has 0 aliphatic rings. The third-order valence-corrected chi connectivity index (χ3v) is 5.85. The summed E-state index contributed by atoms with van der Waals surface area (Å²) in [5.41, 5.74) is 3.01. The van der Waals surface area contributed by atoms with E-state index in [-0.39, 0.29) is 12.3 Å². The lowest BCUT2D eigenvalue weighted by Gasteiger charge is -2.17. The molecule has 0 aliphatic heterocycles. The average Bonchev–Trinajstić information content (AvgIpc) is 2.82. The number of carbonyl (C=O) groups excluding carboxylic acids is 2. The van der Waals surface area contributed by atoms with Gasteiger partial charge in [0.05, 0.1) is 0 Å². The number of hydrogen-bond acceptors (Lipinski definition) is 4. The molecular weight excluding hydrogens is 456 g/mol. The predicted molar refractivity (Wildman–Crippen MR) is 149 cm³/mol. The number of hydrogen-bond donors (Lipinski definition) is 1. The summed E-state index contributed by atoms with van der Waals surface area (Å²) in [6.45, 7) is 10.2. The molecule has 0 aromatic heterocycles. The van der Waals surface area contributed by atoms with Gasteiger partial charge in [0.25, 0.3) is 0 Å². The Morgan fingerprint density at radius 3 is 1.83 bits per heavy atom. The summed E-state index contributed by atoms with van der Waals surface area (Å²) in [7, 11) is 0. The van der Waals surface area contributed by atoms with Gasteiger partial charge in [0.2, 0.25) is 0 Å². The summed E-state index contributed by atoms with van der Waals surface area (Å²) in [6.07, 6.45) is 6.16. The molecule has 192 valence electrons. The third kappa shape index (κ3) is 16.6. The van der Waals surface area contributed by atoms with Gasteiger partial charge >= 0.3 is 5.97 Å². The quantitative estimate of drug-likeness (QED) is 0.139. The molecule has 0 bridgehead atoms. The Bertz CT molecular complexity index is 873. The number of ketones is 1. The number of unbranched alkanes of at least 4 members (excludes halogenated alkanes) is 3. The molecule has 1 N–H and O–H groups in total. The Balaban J connectivity index is 0.000000543. The van der Waals surface area contributed by atoms with Crippen LogP contribution in [0.3, 0.4) is 0 Å². The molecule has 2 aromatic rings. The molecule has 2 aromatic carbocycles. The lowest BCUT2D eigenvalue weighted by molar-refractivity contribution is -0.137. The van der Waals surface area contributed by atoms with E-state index in [1.807, 2.05) is 37.3 Å². The highest BCUT2D eigenvalue weighted by atomic mass is 32.1. The molecule has 5 heteroatoms. The van der Waals surface area contributed by atoms with E-state index in [0.717, 1.165) is 48.8 Å². The van der Waals surface area contributed by atoms with E-state index in [1.54, 1.807) is 12.1 Å². The topological polar surface area (TPSA) is 71.4 Å². The Hall–Kier alpha value is -2.66. The van der Waals surface area contributed by atoms with Crippen molar-refractivity contribution in [1.29, 1.82) is 0 Å². The Morgan fingerprint density at radius 1 is 0.914 bits per heavy atom. The molecule has 0 fully saturated rings. The first kappa shape index (κ1) is 32.3. The fourth-order valence-corrected chi connectivity index (χ4v) is 3.65. The van der Waals surface area contributed by atoms with Crippen LogP contribution in [0.1, 0.15) is 94.1 Å². The second kappa shape index (κ2) is 19.6. The second-order valence-electron chi connectivity index (χ2n) is 8.98. The molecule has 0 saturated heterocycles. The van der Waals surface area contributed by atoms with Crippen molar-refractivity contribution in [2.45, 2.75) is 79.6 Å². The van der Waals surface area contributed by atoms with Crippen LogP contribution in [0.25, 0.3) is 0 Å². The molecule has 4 nitrogen and oxygen atoms in total. The maximum absolute atomic E-state index is 11.9. The number of aliphatic carboxylic acids is 1. The number of carboxylic acids is 1. The molecule has 0 saturated carbocycles. The van der Waals surface area contributed by atoms with E-state index in [4.69, 9.17) is 17.3 Å². The van der Waals surface area contributed by atoms with Crippen LogP contribution >= 0.6 is 12.2 Å². The van der Waals surface area contributed by atoms with Crippen LogP contribution in [0.2, 0.25) is 0 Å². The Labute approximate surface area is 217 Å². The van der Waals surface area contributed by atoms with Crippen LogP contribution in [-0.2, 0) is 9.59 Å². The van der Waals surface area contributed by atoms with Gasteiger partial charge in [0.15, 0.2) is 0 Å². The molecule has 0 aliphatic carbocycles. The molecule has 0 radical (unpaired) electrons. The fourth-order valence-electron chi connectivity index (χ4n) is 3.52. The summed E-state index contributed by atoms with van der Waals surface area (Å²) in [4.78, 5) is 33.3. The monoisotopic (exact) mass is 498 g/mol. The zero-order valence-electron chi connectivity index (χ0n) is 22.0. The van der Waals surface area contributed by atoms with E-state index in [0.29, 0.717) is 23.7 Å². The zero-order chi connectivity index (χ0) is 26.6. The molecular formula is C30H42O4S. The molecule has 0 amide bonds. The first-order chi connectivity index (χ1) is 16.6. The van der Waals surface area contributed by atoms with Crippen LogP contribution in [0, 0.1) is 18.8 Å². The van der Waals surface area contributed by atoms with Gasteiger partial charge in [0, 0.05) is 29.2 Å². The van der Waals surface area contributed by atoms with Crippen molar-refractivity contribution < 1.29 is 19.5 Å². The molecule has 35 heavy (non-hydrogen) atoms. The van der Waals surface area contributed by atoms with Crippen molar-refractivity contribution in [1.82, 2.24) is 0 Å². The molecule has 1 unspecified atom stereocenters. The van der Waals surface area contributed by atoms with Gasteiger partial charge < -0.3 is 5.11 Å². The maximum atomic E-state index is 11.9. The number of rotatable bonds is 12. The Morgan fingerprint density at radius 2 is 1.46 bits per heavy atom. The number of carbonyl (C=O) groups is 3. The first-order valence-corrected chi connectivity index (χ1v) is 12.8. The van der Waals surface area contributed by atoms with Crippen molar-refractivity contribution in [2.24, 2.45) is 11.8 Å². The lowest BCUT2D eigenvalue weighted by Crippen LogP contribution is -2.19. The van der Waals surface area contributed by atoms with E-state index in [2.05, 4.69) is 39.8 Å². The van der Waals surface area contributed by atoms with E-state index >= 15 is 0 Å². The van der Waals surface area contributed by atoms with Gasteiger partial charge in [-0.15, -0.1) is 0 Å². The highest BCUT2D eigenvalue weighted by molar-refractivity contribution is 7.80. The first-order valence-electron chi connectivity index (χ1n) is 12.4. The van der Waals surface area contributed by atoms with Crippen LogP contribution in [0.15, 0.2) is 54.6 Å². The summed E-state index contributed by atoms with van der Waals surface area (Å²) in [5, 5.41) is 8.47. The van der Waals surface area contributed by atoms with E-state index in [9.17, 15) is 14.4 Å². The maximum Gasteiger partial charge on any atom is 0.303 e. The van der Waals surface area contributed by atoms with Gasteiger partial charge in [-0.1, -0.05) is 106 Å². The van der Waals surface area contributed by atoms with Gasteiger partial charge in [-0.05, 0) is 44.6 Å². The Kier molecular flexibility index (Phi) is 18.1. The third-order valence-electron chi connectivity index (χ3n) is 5.62. The van der Waals surface area contributed by atoms with Crippen molar-refractivity contribution in [3.8, 4) is 0 Å². The van der Waals surface area contributed by atoms with E-state index in [1.165, 1.54) is 5.56 Å². The summed E-state index contributed by atoms with van der Waals surface area (Å²) < 4.78 is 0. The van der Waals surface area contributed by atoms with E-state index < -0.39 is 5.97 Å². The number of benzene rings is 2. The van der Waals surface area contributed by atoms with Crippen LogP contribution in [0.4, 0.5) is 0 Å². The summed E-state index contributed by atoms with van der Waals surface area (Å²) in [5.74, 6) is 0.279. The summed E-state index contributed by atoms with van der Waals surface area (Å²) in [6, 6.07) is 17.5. The largest absolute Gasteiger partial charge is 0.481 e. The van der Waals surface area contributed by atoms with Crippen molar-refractivity contribution >= 4 is 35.1 Å². The summed E-state index contributed by atoms with van der Waals surface area (Å²) >= 11 is 4.95. The minimum absolute atomic E-state index is 0.203. The zero-order valence-corrected chi connectivity index (χ0v) is 22.8. The van der Waals surface area contributed by atoms with Crippen molar-refractivity contribution in [2.75, 3.05) is 0 Å². The SMILES string of the molecule is CC(=S)c1ccc(C=O)cc1.CCC(C(=O)CCCCCCC(=O)O)C(C)C.Cc1ccccc1. The van der Waals surface area contributed by atoms with Gasteiger partial charge in [-0.2, -0.15) is 0 Å². The normalized spacial score (nSPS) is 10.8. The molecule has 0 heterocycles. The minimum Gasteiger partial charge on any atom is -0.481 e. The highest BCUT2D eigenvalue weighted by Crippen LogP contribution is 2.19. The van der Waals surface area contributed by atoms with Gasteiger partial charge in [-0.3, -0.25) is 14.4 Å². The highest BCUT2D eigenvalue weighted by Gasteiger charge is 2.18. The standard InChI is InChI=1S/C14H26O3.C9H8OS.C7H8/c1-4-12(11(2)3)13(15)9-7-5-6-8-10-14(16)17;1-7(11)9-4-2-8(6-10)3-5-9;1-7-5-3-2-4-6-7/h11-12H,4-10H2,1-3H3,(H,16,17);2-6H,1H3;2-6H,1H3. The van der Waals surface area contributed by atoms with Crippen molar-refractivity contribution in [3.63, 3.8) is 0 Å². The number of Topliss-reactive ketones (excluding diaryl/α,β-unsaturated/α-hetero) is 1. The van der Waals surface area contributed by atoms with Crippen LogP contribution < -0.4 is 0 Å².